The molecule has 3 nitrogen and oxygen atoms in total. The van der Waals surface area contributed by atoms with Gasteiger partial charge in [-0.25, -0.2) is 4.39 Å². The smallest absolute Gasteiger partial charge is 0.224 e. The minimum atomic E-state index is -0.360. The quantitative estimate of drug-likeness (QED) is 0.885. The van der Waals surface area contributed by atoms with Crippen molar-refractivity contribution < 1.29 is 13.9 Å². The third-order valence-electron chi connectivity index (χ3n) is 3.69. The van der Waals surface area contributed by atoms with Gasteiger partial charge in [0.15, 0.2) is 0 Å². The Hall–Kier alpha value is -2.36. The monoisotopic (exact) mass is 315 g/mol. The van der Waals surface area contributed by atoms with Crippen LogP contribution in [-0.2, 0) is 11.2 Å². The third-order valence-corrected chi connectivity index (χ3v) is 3.69. The third kappa shape index (κ3) is 5.09. The van der Waals surface area contributed by atoms with E-state index in [9.17, 15) is 9.18 Å². The van der Waals surface area contributed by atoms with E-state index >= 15 is 0 Å². The molecule has 0 bridgehead atoms. The van der Waals surface area contributed by atoms with Crippen molar-refractivity contribution in [3.8, 4) is 5.75 Å². The lowest BCUT2D eigenvalue weighted by atomic mass is 10.1. The van der Waals surface area contributed by atoms with Crippen LogP contribution >= 0.6 is 0 Å². The van der Waals surface area contributed by atoms with Crippen molar-refractivity contribution in [2.24, 2.45) is 0 Å². The van der Waals surface area contributed by atoms with Gasteiger partial charge in [0, 0.05) is 0 Å². The van der Waals surface area contributed by atoms with Gasteiger partial charge < -0.3 is 10.1 Å². The molecule has 0 aliphatic carbocycles. The maximum atomic E-state index is 13.5. The summed E-state index contributed by atoms with van der Waals surface area (Å²) in [6.45, 7) is 6.30. The molecule has 0 saturated heterocycles. The van der Waals surface area contributed by atoms with E-state index in [0.717, 1.165) is 5.75 Å². The lowest BCUT2D eigenvalue weighted by molar-refractivity contribution is -0.121. The zero-order valence-corrected chi connectivity index (χ0v) is 13.7. The van der Waals surface area contributed by atoms with E-state index in [1.807, 2.05) is 39.0 Å². The summed E-state index contributed by atoms with van der Waals surface area (Å²) < 4.78 is 19.2. The second-order valence-corrected chi connectivity index (χ2v) is 5.79. The van der Waals surface area contributed by atoms with Gasteiger partial charge in [0.25, 0.3) is 0 Å². The van der Waals surface area contributed by atoms with E-state index in [0.29, 0.717) is 12.2 Å². The Labute approximate surface area is 136 Å². The Bertz CT molecular complexity index is 685. The zero-order valence-electron chi connectivity index (χ0n) is 13.7. The number of aryl methyl sites for hydroxylation is 2. The normalized spacial score (nSPS) is 11.8. The highest BCUT2D eigenvalue weighted by Gasteiger charge is 2.11. The molecule has 0 aliphatic heterocycles. The molecule has 1 amide bonds. The second-order valence-electron chi connectivity index (χ2n) is 5.79. The molecule has 4 heteroatoms. The minimum Gasteiger partial charge on any atom is -0.491 e. The van der Waals surface area contributed by atoms with Crippen LogP contribution in [0.3, 0.4) is 0 Å². The first kappa shape index (κ1) is 17.0. The van der Waals surface area contributed by atoms with E-state index < -0.39 is 0 Å². The molecular formula is C19H22FNO2. The first-order chi connectivity index (χ1) is 11.0. The highest BCUT2D eigenvalue weighted by molar-refractivity contribution is 5.78. The van der Waals surface area contributed by atoms with Crippen LogP contribution in [0, 0.1) is 19.7 Å². The number of amides is 1. The van der Waals surface area contributed by atoms with Gasteiger partial charge in [-0.2, -0.15) is 0 Å². The molecule has 0 aromatic heterocycles. The van der Waals surface area contributed by atoms with E-state index in [1.54, 1.807) is 18.2 Å². The molecule has 0 saturated carbocycles. The molecule has 122 valence electrons. The number of carbonyl (C=O) groups excluding carboxylic acids is 1. The van der Waals surface area contributed by atoms with Gasteiger partial charge in [-0.15, -0.1) is 0 Å². The largest absolute Gasteiger partial charge is 0.491 e. The highest BCUT2D eigenvalue weighted by atomic mass is 19.1. The standard InChI is InChI=1S/C19H22FNO2/c1-13-8-9-17(10-14(13)2)23-12-15(3)21-19(22)11-16-6-4-5-7-18(16)20/h4-10,15H,11-12H2,1-3H3,(H,21,22)/t15-/m0/s1. The number of hydrogen-bond acceptors (Lipinski definition) is 2. The van der Waals surface area contributed by atoms with Gasteiger partial charge in [0.1, 0.15) is 18.2 Å². The average Bonchev–Trinajstić information content (AvgIpc) is 2.51. The lowest BCUT2D eigenvalue weighted by Crippen LogP contribution is -2.37. The molecular weight excluding hydrogens is 293 g/mol. The van der Waals surface area contributed by atoms with Crippen molar-refractivity contribution >= 4 is 5.91 Å². The summed E-state index contributed by atoms with van der Waals surface area (Å²) in [6.07, 6.45) is 0.0284. The predicted molar refractivity (Wildman–Crippen MR) is 89.1 cm³/mol. The van der Waals surface area contributed by atoms with Crippen molar-refractivity contribution in [2.75, 3.05) is 6.61 Å². The summed E-state index contributed by atoms with van der Waals surface area (Å²) in [5.74, 6) is 0.205. The van der Waals surface area contributed by atoms with Crippen LogP contribution in [0.15, 0.2) is 42.5 Å². The topological polar surface area (TPSA) is 38.3 Å². The molecule has 2 aromatic carbocycles. The number of benzene rings is 2. The van der Waals surface area contributed by atoms with Crippen LogP contribution in [0.1, 0.15) is 23.6 Å². The van der Waals surface area contributed by atoms with Crippen molar-refractivity contribution in [1.82, 2.24) is 5.32 Å². The number of carbonyl (C=O) groups is 1. The first-order valence-electron chi connectivity index (χ1n) is 7.68. The Morgan fingerprint density at radius 2 is 1.91 bits per heavy atom. The fourth-order valence-corrected chi connectivity index (χ4v) is 2.21. The van der Waals surface area contributed by atoms with Gasteiger partial charge >= 0.3 is 0 Å². The maximum Gasteiger partial charge on any atom is 0.224 e. The minimum absolute atomic E-state index is 0.0284. The van der Waals surface area contributed by atoms with Crippen LogP contribution in [0.25, 0.3) is 0 Å². The van der Waals surface area contributed by atoms with E-state index in [1.165, 1.54) is 17.2 Å². The van der Waals surface area contributed by atoms with Gasteiger partial charge in [0.05, 0.1) is 12.5 Å². The number of halogens is 1. The summed E-state index contributed by atoms with van der Waals surface area (Å²) in [7, 11) is 0. The fraction of sp³-hybridized carbons (Fsp3) is 0.316. The molecule has 2 rings (SSSR count). The van der Waals surface area contributed by atoms with Gasteiger partial charge in [-0.05, 0) is 55.7 Å². The first-order valence-corrected chi connectivity index (χ1v) is 7.68. The van der Waals surface area contributed by atoms with E-state index in [-0.39, 0.29) is 24.2 Å². The molecule has 1 N–H and O–H groups in total. The Balaban J connectivity index is 1.82. The molecule has 0 aliphatic rings. The van der Waals surface area contributed by atoms with Gasteiger partial charge in [-0.1, -0.05) is 24.3 Å². The molecule has 23 heavy (non-hydrogen) atoms. The van der Waals surface area contributed by atoms with Crippen molar-refractivity contribution in [1.29, 1.82) is 0 Å². The van der Waals surface area contributed by atoms with Crippen molar-refractivity contribution in [2.45, 2.75) is 33.2 Å². The molecule has 0 radical (unpaired) electrons. The number of rotatable bonds is 6. The molecule has 1 atom stereocenters. The zero-order chi connectivity index (χ0) is 16.8. The summed E-state index contributed by atoms with van der Waals surface area (Å²) in [6, 6.07) is 12.0. The average molecular weight is 315 g/mol. The summed E-state index contributed by atoms with van der Waals surface area (Å²) in [5, 5.41) is 2.82. The van der Waals surface area contributed by atoms with Crippen LogP contribution in [0.5, 0.6) is 5.75 Å². The fourth-order valence-electron chi connectivity index (χ4n) is 2.21. The molecule has 0 fully saturated rings. The number of hydrogen-bond donors (Lipinski definition) is 1. The molecule has 0 spiro atoms. The molecule has 0 unspecified atom stereocenters. The Morgan fingerprint density at radius 1 is 1.17 bits per heavy atom. The Kier molecular flexibility index (Phi) is 5.74. The highest BCUT2D eigenvalue weighted by Crippen LogP contribution is 2.16. The molecule has 0 heterocycles. The predicted octanol–water partition coefficient (Wildman–Crippen LogP) is 3.57. The van der Waals surface area contributed by atoms with E-state index in [2.05, 4.69) is 5.32 Å². The summed E-state index contributed by atoms with van der Waals surface area (Å²) in [5.41, 5.74) is 2.77. The van der Waals surface area contributed by atoms with Crippen LogP contribution in [0.4, 0.5) is 4.39 Å². The summed E-state index contributed by atoms with van der Waals surface area (Å²) in [4.78, 5) is 12.0. The Morgan fingerprint density at radius 3 is 2.61 bits per heavy atom. The lowest BCUT2D eigenvalue weighted by Gasteiger charge is -2.16. The van der Waals surface area contributed by atoms with Gasteiger partial charge in [0.2, 0.25) is 5.91 Å². The maximum absolute atomic E-state index is 13.5. The summed E-state index contributed by atoms with van der Waals surface area (Å²) >= 11 is 0. The van der Waals surface area contributed by atoms with Gasteiger partial charge in [-0.3, -0.25) is 4.79 Å². The van der Waals surface area contributed by atoms with Crippen molar-refractivity contribution in [3.63, 3.8) is 0 Å². The van der Waals surface area contributed by atoms with Crippen LogP contribution < -0.4 is 10.1 Å². The molecule has 2 aromatic rings. The van der Waals surface area contributed by atoms with Crippen LogP contribution in [-0.4, -0.2) is 18.6 Å². The van der Waals surface area contributed by atoms with E-state index in [4.69, 9.17) is 4.74 Å². The van der Waals surface area contributed by atoms with Crippen LogP contribution in [0.2, 0.25) is 0 Å². The second kappa shape index (κ2) is 7.77. The number of nitrogens with one attached hydrogen (secondary N) is 1. The number of ether oxygens (including phenoxy) is 1. The SMILES string of the molecule is Cc1ccc(OC[C@H](C)NC(=O)Cc2ccccc2F)cc1C. The van der Waals surface area contributed by atoms with Crippen molar-refractivity contribution in [3.05, 3.63) is 65.0 Å².